The molecule has 18 heavy (non-hydrogen) atoms. The number of hydrogen-bond donors (Lipinski definition) is 0. The van der Waals surface area contributed by atoms with Crippen LogP contribution in [-0.4, -0.2) is 43.8 Å². The van der Waals surface area contributed by atoms with E-state index in [2.05, 4.69) is 0 Å². The minimum Gasteiger partial charge on any atom is -0.467 e. The maximum absolute atomic E-state index is 12.0. The van der Waals surface area contributed by atoms with Gasteiger partial charge in [-0.15, -0.1) is 0 Å². The van der Waals surface area contributed by atoms with Crippen molar-refractivity contribution in [1.82, 2.24) is 4.90 Å². The molecule has 1 saturated heterocycles. The molecule has 0 bridgehead atoms. The molecule has 1 amide bonds. The summed E-state index contributed by atoms with van der Waals surface area (Å²) in [5, 5.41) is 0. The number of hydrogen-bond acceptors (Lipinski definition) is 4. The van der Waals surface area contributed by atoms with E-state index in [-0.39, 0.29) is 18.6 Å². The summed E-state index contributed by atoms with van der Waals surface area (Å²) in [6, 6.07) is 3.68. The second-order valence-electron chi connectivity index (χ2n) is 4.42. The Morgan fingerprint density at radius 3 is 3.11 bits per heavy atom. The second-order valence-corrected chi connectivity index (χ2v) is 4.42. The SMILES string of the molecule is COCC(=O)N(Cc1ccco1)CC1CCCO1. The molecule has 5 nitrogen and oxygen atoms in total. The Kier molecular flexibility index (Phi) is 4.78. The Bertz CT molecular complexity index is 357. The molecular weight excluding hydrogens is 234 g/mol. The minimum atomic E-state index is -0.0376. The fraction of sp³-hybridized carbons (Fsp3) is 0.615. The van der Waals surface area contributed by atoms with Crippen LogP contribution in [0.3, 0.4) is 0 Å². The van der Waals surface area contributed by atoms with Gasteiger partial charge in [0.1, 0.15) is 12.4 Å². The normalized spacial score (nSPS) is 19.1. The molecule has 0 aliphatic carbocycles. The molecule has 0 aromatic carbocycles. The van der Waals surface area contributed by atoms with Crippen LogP contribution in [0.5, 0.6) is 0 Å². The first-order valence-corrected chi connectivity index (χ1v) is 6.20. The summed E-state index contributed by atoms with van der Waals surface area (Å²) in [6.45, 7) is 1.95. The van der Waals surface area contributed by atoms with Gasteiger partial charge in [0.25, 0.3) is 0 Å². The summed E-state index contributed by atoms with van der Waals surface area (Å²) >= 11 is 0. The average Bonchev–Trinajstić information content (AvgIpc) is 3.01. The van der Waals surface area contributed by atoms with Gasteiger partial charge < -0.3 is 18.8 Å². The fourth-order valence-electron chi connectivity index (χ4n) is 2.09. The van der Waals surface area contributed by atoms with E-state index in [0.29, 0.717) is 13.1 Å². The van der Waals surface area contributed by atoms with E-state index in [4.69, 9.17) is 13.9 Å². The first-order valence-electron chi connectivity index (χ1n) is 6.20. The molecule has 2 rings (SSSR count). The average molecular weight is 253 g/mol. The maximum atomic E-state index is 12.0. The first kappa shape index (κ1) is 13.1. The molecule has 0 radical (unpaired) electrons. The molecule has 1 aliphatic heterocycles. The molecular formula is C13H19NO4. The van der Waals surface area contributed by atoms with E-state index in [1.807, 2.05) is 12.1 Å². The van der Waals surface area contributed by atoms with Crippen LogP contribution in [0.25, 0.3) is 0 Å². The highest BCUT2D eigenvalue weighted by Crippen LogP contribution is 2.15. The van der Waals surface area contributed by atoms with Crippen molar-refractivity contribution in [2.24, 2.45) is 0 Å². The third-order valence-corrected chi connectivity index (χ3v) is 3.00. The van der Waals surface area contributed by atoms with E-state index in [9.17, 15) is 4.79 Å². The van der Waals surface area contributed by atoms with Crippen LogP contribution in [0.15, 0.2) is 22.8 Å². The van der Waals surface area contributed by atoms with E-state index in [1.54, 1.807) is 11.2 Å². The predicted molar refractivity (Wildman–Crippen MR) is 65.0 cm³/mol. The second kappa shape index (κ2) is 6.56. The highest BCUT2D eigenvalue weighted by atomic mass is 16.5. The van der Waals surface area contributed by atoms with Crippen molar-refractivity contribution >= 4 is 5.91 Å². The Morgan fingerprint density at radius 2 is 2.50 bits per heavy atom. The third kappa shape index (κ3) is 3.58. The van der Waals surface area contributed by atoms with Crippen LogP contribution in [0, 0.1) is 0 Å². The highest BCUT2D eigenvalue weighted by molar-refractivity contribution is 5.77. The van der Waals surface area contributed by atoms with Gasteiger partial charge in [-0.05, 0) is 25.0 Å². The van der Waals surface area contributed by atoms with Gasteiger partial charge >= 0.3 is 0 Å². The Hall–Kier alpha value is -1.33. The molecule has 1 aromatic heterocycles. The molecule has 5 heteroatoms. The largest absolute Gasteiger partial charge is 0.467 e. The number of carbonyl (C=O) groups excluding carboxylic acids is 1. The molecule has 100 valence electrons. The van der Waals surface area contributed by atoms with Gasteiger partial charge in [-0.1, -0.05) is 0 Å². The molecule has 1 atom stereocenters. The molecule has 0 N–H and O–H groups in total. The molecule has 1 fully saturated rings. The molecule has 2 heterocycles. The van der Waals surface area contributed by atoms with Crippen LogP contribution in [0.2, 0.25) is 0 Å². The van der Waals surface area contributed by atoms with Gasteiger partial charge in [0, 0.05) is 20.3 Å². The van der Waals surface area contributed by atoms with Crippen molar-refractivity contribution in [1.29, 1.82) is 0 Å². The molecule has 0 saturated carbocycles. The van der Waals surface area contributed by atoms with Crippen LogP contribution in [0.4, 0.5) is 0 Å². The van der Waals surface area contributed by atoms with Gasteiger partial charge in [0.15, 0.2) is 0 Å². The molecule has 0 spiro atoms. The number of ether oxygens (including phenoxy) is 2. The summed E-state index contributed by atoms with van der Waals surface area (Å²) in [4.78, 5) is 13.7. The lowest BCUT2D eigenvalue weighted by Gasteiger charge is -2.24. The Morgan fingerprint density at radius 1 is 1.61 bits per heavy atom. The Balaban J connectivity index is 1.94. The van der Waals surface area contributed by atoms with E-state index in [1.165, 1.54) is 7.11 Å². The third-order valence-electron chi connectivity index (χ3n) is 3.00. The number of nitrogens with zero attached hydrogens (tertiary/aromatic N) is 1. The lowest BCUT2D eigenvalue weighted by Crippen LogP contribution is -2.38. The zero-order valence-electron chi connectivity index (χ0n) is 10.6. The van der Waals surface area contributed by atoms with Crippen molar-refractivity contribution in [3.05, 3.63) is 24.2 Å². The van der Waals surface area contributed by atoms with Crippen molar-refractivity contribution in [2.45, 2.75) is 25.5 Å². The Labute approximate surface area is 107 Å². The number of amides is 1. The van der Waals surface area contributed by atoms with Crippen LogP contribution in [0.1, 0.15) is 18.6 Å². The van der Waals surface area contributed by atoms with Gasteiger partial charge in [-0.3, -0.25) is 4.79 Å². The summed E-state index contributed by atoms with van der Waals surface area (Å²) in [7, 11) is 1.52. The molecule has 1 aliphatic rings. The fourth-order valence-corrected chi connectivity index (χ4v) is 2.09. The zero-order chi connectivity index (χ0) is 12.8. The van der Waals surface area contributed by atoms with Crippen LogP contribution < -0.4 is 0 Å². The first-order chi connectivity index (χ1) is 8.79. The topological polar surface area (TPSA) is 51.9 Å². The number of rotatable bonds is 6. The van der Waals surface area contributed by atoms with Crippen LogP contribution in [-0.2, 0) is 20.8 Å². The minimum absolute atomic E-state index is 0.0376. The lowest BCUT2D eigenvalue weighted by atomic mass is 10.2. The highest BCUT2D eigenvalue weighted by Gasteiger charge is 2.23. The summed E-state index contributed by atoms with van der Waals surface area (Å²) < 4.78 is 15.8. The van der Waals surface area contributed by atoms with E-state index >= 15 is 0 Å². The van der Waals surface area contributed by atoms with Crippen molar-refractivity contribution < 1.29 is 18.7 Å². The van der Waals surface area contributed by atoms with Gasteiger partial charge in [0.05, 0.1) is 18.9 Å². The van der Waals surface area contributed by atoms with E-state index in [0.717, 1.165) is 25.2 Å². The number of carbonyl (C=O) groups is 1. The standard InChI is InChI=1S/C13H19NO4/c1-16-10-13(15)14(8-11-4-2-6-17-11)9-12-5-3-7-18-12/h2,4,6,12H,3,5,7-10H2,1H3. The van der Waals surface area contributed by atoms with E-state index < -0.39 is 0 Å². The smallest absolute Gasteiger partial charge is 0.249 e. The summed E-state index contributed by atoms with van der Waals surface area (Å²) in [6.07, 6.45) is 3.83. The van der Waals surface area contributed by atoms with Gasteiger partial charge in [-0.25, -0.2) is 0 Å². The van der Waals surface area contributed by atoms with Crippen LogP contribution >= 0.6 is 0 Å². The van der Waals surface area contributed by atoms with Gasteiger partial charge in [-0.2, -0.15) is 0 Å². The van der Waals surface area contributed by atoms with Crippen molar-refractivity contribution in [3.63, 3.8) is 0 Å². The maximum Gasteiger partial charge on any atom is 0.249 e. The summed E-state index contributed by atoms with van der Waals surface area (Å²) in [5.74, 6) is 0.738. The van der Waals surface area contributed by atoms with Crippen molar-refractivity contribution in [2.75, 3.05) is 26.9 Å². The molecule has 1 aromatic rings. The zero-order valence-corrected chi connectivity index (χ0v) is 10.6. The molecule has 1 unspecified atom stereocenters. The number of methoxy groups -OCH3 is 1. The van der Waals surface area contributed by atoms with Gasteiger partial charge in [0.2, 0.25) is 5.91 Å². The quantitative estimate of drug-likeness (QED) is 0.769. The monoisotopic (exact) mass is 253 g/mol. The van der Waals surface area contributed by atoms with Crippen molar-refractivity contribution in [3.8, 4) is 0 Å². The predicted octanol–water partition coefficient (Wildman–Crippen LogP) is 1.43. The number of furan rings is 1. The lowest BCUT2D eigenvalue weighted by molar-refractivity contribution is -0.137. The summed E-state index contributed by atoms with van der Waals surface area (Å²) in [5.41, 5.74) is 0.